The van der Waals surface area contributed by atoms with Crippen molar-refractivity contribution in [1.82, 2.24) is 14.6 Å². The minimum atomic E-state index is -3.65. The Hall–Kier alpha value is -2.56. The van der Waals surface area contributed by atoms with Crippen LogP contribution in [0.1, 0.15) is 41.7 Å². The highest BCUT2D eigenvalue weighted by Gasteiger charge is 2.37. The minimum Gasteiger partial charge on any atom is -0.486 e. The zero-order valence-electron chi connectivity index (χ0n) is 18.5. The third-order valence-electron chi connectivity index (χ3n) is 6.81. The summed E-state index contributed by atoms with van der Waals surface area (Å²) in [6, 6.07) is 7.45. The number of morpholine rings is 1. The average molecular weight is 476 g/mol. The Labute approximate surface area is 193 Å². The monoisotopic (exact) mass is 475 g/mol. The molecule has 0 bridgehead atoms. The van der Waals surface area contributed by atoms with E-state index in [1.807, 2.05) is 12.1 Å². The molecule has 178 valence electrons. The summed E-state index contributed by atoms with van der Waals surface area (Å²) < 4.78 is 43.7. The van der Waals surface area contributed by atoms with Crippen molar-refractivity contribution in [1.29, 1.82) is 0 Å². The highest BCUT2D eigenvalue weighted by Crippen LogP contribution is 2.43. The first kappa shape index (κ1) is 22.2. The SMILES string of the molecule is O=C(NCC1(c2ccc3c(c2)OCCO3)CCCC1)c1cc(S(=O)(=O)N2CCOCC2)c[nH]1. The summed E-state index contributed by atoms with van der Waals surface area (Å²) in [5.74, 6) is 1.18. The molecule has 1 saturated heterocycles. The van der Waals surface area contributed by atoms with Gasteiger partial charge in [0.2, 0.25) is 10.0 Å². The maximum absolute atomic E-state index is 12.9. The van der Waals surface area contributed by atoms with Gasteiger partial charge in [0.25, 0.3) is 5.91 Å². The predicted molar refractivity (Wildman–Crippen MR) is 120 cm³/mol. The number of hydrogen-bond donors (Lipinski definition) is 2. The summed E-state index contributed by atoms with van der Waals surface area (Å²) in [5.41, 5.74) is 1.18. The summed E-state index contributed by atoms with van der Waals surface area (Å²) in [6.45, 7) is 2.92. The van der Waals surface area contributed by atoms with E-state index < -0.39 is 10.0 Å². The molecule has 1 aliphatic carbocycles. The highest BCUT2D eigenvalue weighted by molar-refractivity contribution is 7.89. The van der Waals surface area contributed by atoms with Crippen LogP contribution < -0.4 is 14.8 Å². The van der Waals surface area contributed by atoms with Crippen LogP contribution in [0.5, 0.6) is 11.5 Å². The first-order valence-electron chi connectivity index (χ1n) is 11.4. The van der Waals surface area contributed by atoms with E-state index in [1.54, 1.807) is 0 Å². The molecule has 0 spiro atoms. The Bertz CT molecular complexity index is 1120. The highest BCUT2D eigenvalue weighted by atomic mass is 32.2. The first-order chi connectivity index (χ1) is 16.0. The maximum Gasteiger partial charge on any atom is 0.267 e. The van der Waals surface area contributed by atoms with Gasteiger partial charge in [-0.3, -0.25) is 4.79 Å². The van der Waals surface area contributed by atoms with Crippen molar-refractivity contribution in [3.05, 3.63) is 41.7 Å². The van der Waals surface area contributed by atoms with Gasteiger partial charge in [0.15, 0.2) is 11.5 Å². The van der Waals surface area contributed by atoms with E-state index >= 15 is 0 Å². The lowest BCUT2D eigenvalue weighted by molar-refractivity contribution is 0.0730. The number of carbonyl (C=O) groups excluding carboxylic acids is 1. The average Bonchev–Trinajstić information content (AvgIpc) is 3.54. The van der Waals surface area contributed by atoms with E-state index in [4.69, 9.17) is 14.2 Å². The number of aromatic nitrogens is 1. The molecule has 0 radical (unpaired) electrons. The lowest BCUT2D eigenvalue weighted by Gasteiger charge is -2.31. The minimum absolute atomic E-state index is 0.0944. The molecule has 0 atom stereocenters. The van der Waals surface area contributed by atoms with Crippen LogP contribution in [0.15, 0.2) is 35.4 Å². The number of rotatable bonds is 6. The number of H-pyrrole nitrogens is 1. The van der Waals surface area contributed by atoms with Crippen LogP contribution in [0.2, 0.25) is 0 Å². The third-order valence-corrected chi connectivity index (χ3v) is 8.69. The summed E-state index contributed by atoms with van der Waals surface area (Å²) in [5, 5.41) is 3.03. The topological polar surface area (TPSA) is 110 Å². The van der Waals surface area contributed by atoms with Crippen LogP contribution in [0.25, 0.3) is 0 Å². The second kappa shape index (κ2) is 9.00. The number of aromatic amines is 1. The van der Waals surface area contributed by atoms with Gasteiger partial charge in [-0.05, 0) is 36.6 Å². The van der Waals surface area contributed by atoms with Gasteiger partial charge in [0, 0.05) is 31.2 Å². The van der Waals surface area contributed by atoms with Gasteiger partial charge in [0.05, 0.1) is 13.2 Å². The number of fused-ring (bicyclic) bond motifs is 1. The van der Waals surface area contributed by atoms with Crippen molar-refractivity contribution in [2.45, 2.75) is 36.0 Å². The molecule has 33 heavy (non-hydrogen) atoms. The Morgan fingerprint density at radius 2 is 1.76 bits per heavy atom. The van der Waals surface area contributed by atoms with E-state index in [9.17, 15) is 13.2 Å². The van der Waals surface area contributed by atoms with Gasteiger partial charge in [-0.15, -0.1) is 0 Å². The molecule has 2 aromatic rings. The Kier molecular flexibility index (Phi) is 6.07. The lowest BCUT2D eigenvalue weighted by Crippen LogP contribution is -2.40. The molecule has 10 heteroatoms. The van der Waals surface area contributed by atoms with Crippen LogP contribution in [0, 0.1) is 0 Å². The summed E-state index contributed by atoms with van der Waals surface area (Å²) in [6.07, 6.45) is 5.50. The zero-order chi connectivity index (χ0) is 22.9. The van der Waals surface area contributed by atoms with Crippen LogP contribution in [0.4, 0.5) is 0 Å². The second-order valence-electron chi connectivity index (χ2n) is 8.79. The molecule has 5 rings (SSSR count). The van der Waals surface area contributed by atoms with E-state index in [0.29, 0.717) is 46.1 Å². The summed E-state index contributed by atoms with van der Waals surface area (Å²) in [4.78, 5) is 15.8. The van der Waals surface area contributed by atoms with E-state index in [2.05, 4.69) is 16.4 Å². The second-order valence-corrected chi connectivity index (χ2v) is 10.7. The van der Waals surface area contributed by atoms with Crippen LogP contribution >= 0.6 is 0 Å². The number of hydrogen-bond acceptors (Lipinski definition) is 6. The molecule has 1 saturated carbocycles. The van der Waals surface area contributed by atoms with Gasteiger partial charge in [0.1, 0.15) is 23.8 Å². The molecule has 3 aliphatic rings. The van der Waals surface area contributed by atoms with Crippen molar-refractivity contribution in [3.8, 4) is 11.5 Å². The van der Waals surface area contributed by atoms with Crippen LogP contribution in [0.3, 0.4) is 0 Å². The maximum atomic E-state index is 12.9. The lowest BCUT2D eigenvalue weighted by atomic mass is 9.78. The first-order valence-corrected chi connectivity index (χ1v) is 12.9. The number of ether oxygens (including phenoxy) is 3. The molecular formula is C23H29N3O6S. The molecule has 1 amide bonds. The number of carbonyl (C=O) groups is 1. The van der Waals surface area contributed by atoms with Gasteiger partial charge >= 0.3 is 0 Å². The molecule has 1 aromatic heterocycles. The Morgan fingerprint density at radius 1 is 1.03 bits per heavy atom. The standard InChI is InChI=1S/C23H29N3O6S/c27-22(19-14-18(15-24-19)33(28,29)26-7-9-30-10-8-26)25-16-23(5-1-2-6-23)17-3-4-20-21(13-17)32-12-11-31-20/h3-4,13-15,24H,1-2,5-12,16H2,(H,25,27). The smallest absolute Gasteiger partial charge is 0.267 e. The van der Waals surface area contributed by atoms with E-state index in [1.165, 1.54) is 16.6 Å². The molecular weight excluding hydrogens is 446 g/mol. The van der Waals surface area contributed by atoms with Crippen molar-refractivity contribution in [2.24, 2.45) is 0 Å². The van der Waals surface area contributed by atoms with Gasteiger partial charge in [-0.25, -0.2) is 8.42 Å². The normalized spacial score (nSPS) is 20.5. The number of nitrogens with zero attached hydrogens (tertiary/aromatic N) is 1. The van der Waals surface area contributed by atoms with Gasteiger partial charge in [-0.1, -0.05) is 18.9 Å². The fraction of sp³-hybridized carbons (Fsp3) is 0.522. The fourth-order valence-corrected chi connectivity index (χ4v) is 6.33. The zero-order valence-corrected chi connectivity index (χ0v) is 19.3. The fourth-order valence-electron chi connectivity index (χ4n) is 4.93. The van der Waals surface area contributed by atoms with Gasteiger partial charge < -0.3 is 24.5 Å². The molecule has 3 heterocycles. The van der Waals surface area contributed by atoms with Crippen molar-refractivity contribution in [2.75, 3.05) is 46.1 Å². The third kappa shape index (κ3) is 4.34. The van der Waals surface area contributed by atoms with E-state index in [0.717, 1.165) is 42.7 Å². The van der Waals surface area contributed by atoms with Crippen molar-refractivity contribution >= 4 is 15.9 Å². The Morgan fingerprint density at radius 3 is 2.52 bits per heavy atom. The van der Waals surface area contributed by atoms with Crippen molar-refractivity contribution < 1.29 is 27.4 Å². The quantitative estimate of drug-likeness (QED) is 0.662. The molecule has 2 aliphatic heterocycles. The number of sulfonamides is 1. The van der Waals surface area contributed by atoms with Gasteiger partial charge in [-0.2, -0.15) is 4.31 Å². The van der Waals surface area contributed by atoms with Crippen molar-refractivity contribution in [3.63, 3.8) is 0 Å². The molecule has 2 fully saturated rings. The predicted octanol–water partition coefficient (Wildman–Crippen LogP) is 2.05. The molecule has 9 nitrogen and oxygen atoms in total. The van der Waals surface area contributed by atoms with Crippen LogP contribution in [-0.4, -0.2) is 69.7 Å². The van der Waals surface area contributed by atoms with Crippen LogP contribution in [-0.2, 0) is 20.2 Å². The number of benzene rings is 1. The largest absolute Gasteiger partial charge is 0.486 e. The molecule has 2 N–H and O–H groups in total. The summed E-state index contributed by atoms with van der Waals surface area (Å²) in [7, 11) is -3.65. The number of nitrogens with one attached hydrogen (secondary N) is 2. The number of amides is 1. The summed E-state index contributed by atoms with van der Waals surface area (Å²) >= 11 is 0. The molecule has 1 aromatic carbocycles. The Balaban J connectivity index is 1.30. The van der Waals surface area contributed by atoms with E-state index in [-0.39, 0.29) is 21.9 Å². The molecule has 0 unspecified atom stereocenters.